The molecular formula is C20H16Cl2N2O3S. The zero-order chi connectivity index (χ0) is 20.1. The predicted octanol–water partition coefficient (Wildman–Crippen LogP) is 4.72. The van der Waals surface area contributed by atoms with E-state index in [1.165, 1.54) is 12.1 Å². The number of hydrogen-bond acceptors (Lipinski definition) is 3. The molecule has 3 aromatic carbocycles. The van der Waals surface area contributed by atoms with E-state index in [0.717, 1.165) is 5.56 Å². The molecule has 3 aromatic rings. The molecule has 0 aromatic heterocycles. The normalized spacial score (nSPS) is 11.1. The molecule has 0 unspecified atom stereocenters. The molecule has 0 fully saturated rings. The van der Waals surface area contributed by atoms with Crippen LogP contribution in [-0.2, 0) is 16.6 Å². The van der Waals surface area contributed by atoms with Crippen molar-refractivity contribution in [3.63, 3.8) is 0 Å². The first kappa shape index (κ1) is 20.2. The lowest BCUT2D eigenvalue weighted by Gasteiger charge is -2.13. The molecule has 2 N–H and O–H groups in total. The van der Waals surface area contributed by atoms with E-state index in [1.807, 2.05) is 0 Å². The number of para-hydroxylation sites is 1. The maximum atomic E-state index is 12.8. The molecule has 8 heteroatoms. The van der Waals surface area contributed by atoms with Gasteiger partial charge in [0.2, 0.25) is 0 Å². The summed E-state index contributed by atoms with van der Waals surface area (Å²) < 4.78 is 28.1. The molecule has 28 heavy (non-hydrogen) atoms. The second kappa shape index (κ2) is 8.65. The van der Waals surface area contributed by atoms with Gasteiger partial charge >= 0.3 is 0 Å². The van der Waals surface area contributed by atoms with Crippen molar-refractivity contribution >= 4 is 44.8 Å². The van der Waals surface area contributed by atoms with Crippen LogP contribution in [0.2, 0.25) is 10.0 Å². The third-order valence-corrected chi connectivity index (χ3v) is 5.91. The molecule has 0 radical (unpaired) electrons. The number of carbonyl (C=O) groups is 1. The van der Waals surface area contributed by atoms with Gasteiger partial charge in [-0.15, -0.1) is 0 Å². The molecule has 0 saturated heterocycles. The molecular weight excluding hydrogens is 419 g/mol. The summed E-state index contributed by atoms with van der Waals surface area (Å²) in [7, 11) is -4.01. The average Bonchev–Trinajstić information content (AvgIpc) is 2.69. The van der Waals surface area contributed by atoms with Crippen molar-refractivity contribution in [2.24, 2.45) is 0 Å². The first-order valence-electron chi connectivity index (χ1n) is 8.26. The van der Waals surface area contributed by atoms with E-state index in [-0.39, 0.29) is 27.7 Å². The Morgan fingerprint density at radius 2 is 1.50 bits per heavy atom. The van der Waals surface area contributed by atoms with Crippen LogP contribution in [0.25, 0.3) is 0 Å². The van der Waals surface area contributed by atoms with Gasteiger partial charge in [-0.05, 0) is 42.0 Å². The van der Waals surface area contributed by atoms with Crippen LogP contribution in [0.5, 0.6) is 0 Å². The average molecular weight is 435 g/mol. The largest absolute Gasteiger partial charge is 0.348 e. The molecule has 144 valence electrons. The monoisotopic (exact) mass is 434 g/mol. The van der Waals surface area contributed by atoms with E-state index in [2.05, 4.69) is 10.0 Å². The summed E-state index contributed by atoms with van der Waals surface area (Å²) in [6, 6.07) is 19.5. The molecule has 0 heterocycles. The van der Waals surface area contributed by atoms with Crippen molar-refractivity contribution in [1.82, 2.24) is 5.32 Å². The number of anilines is 1. The Labute approximate surface area is 173 Å². The standard InChI is InChI=1S/C20H16Cl2N2O3S/c21-15-11-9-14(10-12-15)13-23-20(25)16-5-1-4-8-19(16)28(26,27)24-18-7-3-2-6-17(18)22/h1-12,24H,13H2,(H,23,25). The molecule has 0 aliphatic heterocycles. The first-order chi connectivity index (χ1) is 13.4. The third kappa shape index (κ3) is 4.84. The van der Waals surface area contributed by atoms with Crippen molar-refractivity contribution < 1.29 is 13.2 Å². The summed E-state index contributed by atoms with van der Waals surface area (Å²) in [4.78, 5) is 12.5. The summed E-state index contributed by atoms with van der Waals surface area (Å²) in [5.41, 5.74) is 1.11. The summed E-state index contributed by atoms with van der Waals surface area (Å²) in [6.45, 7) is 0.238. The number of rotatable bonds is 6. The number of sulfonamides is 1. The van der Waals surface area contributed by atoms with E-state index in [9.17, 15) is 13.2 Å². The summed E-state index contributed by atoms with van der Waals surface area (Å²) in [5, 5.41) is 3.58. The van der Waals surface area contributed by atoms with Crippen LogP contribution < -0.4 is 10.0 Å². The zero-order valence-electron chi connectivity index (χ0n) is 14.5. The Morgan fingerprint density at radius 1 is 0.857 bits per heavy atom. The zero-order valence-corrected chi connectivity index (χ0v) is 16.9. The smallest absolute Gasteiger partial charge is 0.262 e. The van der Waals surface area contributed by atoms with Crippen molar-refractivity contribution in [3.05, 3.63) is 94.0 Å². The lowest BCUT2D eigenvalue weighted by molar-refractivity contribution is 0.0947. The molecule has 0 atom stereocenters. The highest BCUT2D eigenvalue weighted by Crippen LogP contribution is 2.25. The molecule has 0 bridgehead atoms. The molecule has 5 nitrogen and oxygen atoms in total. The van der Waals surface area contributed by atoms with Crippen LogP contribution >= 0.6 is 23.2 Å². The number of benzene rings is 3. The maximum Gasteiger partial charge on any atom is 0.262 e. The first-order valence-corrected chi connectivity index (χ1v) is 10.5. The molecule has 0 aliphatic rings. The van der Waals surface area contributed by atoms with Gasteiger partial charge in [-0.1, -0.05) is 59.6 Å². The van der Waals surface area contributed by atoms with Gasteiger partial charge in [-0.25, -0.2) is 8.42 Å². The molecule has 3 rings (SSSR count). The minimum atomic E-state index is -4.01. The van der Waals surface area contributed by atoms with Crippen LogP contribution in [0, 0.1) is 0 Å². The second-order valence-corrected chi connectivity index (χ2v) is 8.39. The number of amides is 1. The Morgan fingerprint density at radius 3 is 2.21 bits per heavy atom. The summed E-state index contributed by atoms with van der Waals surface area (Å²) in [5.74, 6) is -0.505. The fourth-order valence-corrected chi connectivity index (χ4v) is 4.16. The van der Waals surface area contributed by atoms with E-state index in [0.29, 0.717) is 5.02 Å². The number of nitrogens with one attached hydrogen (secondary N) is 2. The SMILES string of the molecule is O=C(NCc1ccc(Cl)cc1)c1ccccc1S(=O)(=O)Nc1ccccc1Cl. The van der Waals surface area contributed by atoms with Crippen LogP contribution in [0.1, 0.15) is 15.9 Å². The lowest BCUT2D eigenvalue weighted by Crippen LogP contribution is -2.26. The van der Waals surface area contributed by atoms with E-state index >= 15 is 0 Å². The highest BCUT2D eigenvalue weighted by Gasteiger charge is 2.22. The van der Waals surface area contributed by atoms with E-state index in [1.54, 1.807) is 60.7 Å². The van der Waals surface area contributed by atoms with Gasteiger partial charge in [0.1, 0.15) is 4.90 Å². The van der Waals surface area contributed by atoms with Crippen molar-refractivity contribution in [1.29, 1.82) is 0 Å². The number of halogens is 2. The highest BCUT2D eigenvalue weighted by atomic mass is 35.5. The Bertz CT molecular complexity index is 1100. The van der Waals surface area contributed by atoms with Crippen LogP contribution in [0.15, 0.2) is 77.7 Å². The third-order valence-electron chi connectivity index (χ3n) is 3.91. The van der Waals surface area contributed by atoms with Gasteiger partial charge in [0.05, 0.1) is 16.3 Å². The Balaban J connectivity index is 1.82. The van der Waals surface area contributed by atoms with Crippen molar-refractivity contribution in [3.8, 4) is 0 Å². The van der Waals surface area contributed by atoms with Crippen molar-refractivity contribution in [2.45, 2.75) is 11.4 Å². The quantitative estimate of drug-likeness (QED) is 0.588. The fourth-order valence-electron chi connectivity index (χ4n) is 2.51. The topological polar surface area (TPSA) is 75.3 Å². The van der Waals surface area contributed by atoms with Gasteiger partial charge in [0.15, 0.2) is 0 Å². The lowest BCUT2D eigenvalue weighted by atomic mass is 10.2. The molecule has 0 spiro atoms. The predicted molar refractivity (Wildman–Crippen MR) is 111 cm³/mol. The maximum absolute atomic E-state index is 12.8. The van der Waals surface area contributed by atoms with Gasteiger partial charge < -0.3 is 5.32 Å². The van der Waals surface area contributed by atoms with E-state index in [4.69, 9.17) is 23.2 Å². The Hall–Kier alpha value is -2.54. The van der Waals surface area contributed by atoms with Gasteiger partial charge in [-0.2, -0.15) is 0 Å². The number of carbonyl (C=O) groups excluding carboxylic acids is 1. The Kier molecular flexibility index (Phi) is 6.24. The van der Waals surface area contributed by atoms with Crippen LogP contribution in [0.3, 0.4) is 0 Å². The molecule has 1 amide bonds. The fraction of sp³-hybridized carbons (Fsp3) is 0.0500. The van der Waals surface area contributed by atoms with Crippen molar-refractivity contribution in [2.75, 3.05) is 4.72 Å². The summed E-state index contributed by atoms with van der Waals surface area (Å²) in [6.07, 6.45) is 0. The minimum absolute atomic E-state index is 0.0380. The molecule has 0 aliphatic carbocycles. The minimum Gasteiger partial charge on any atom is -0.348 e. The highest BCUT2D eigenvalue weighted by molar-refractivity contribution is 7.92. The van der Waals surface area contributed by atoms with Gasteiger partial charge in [-0.3, -0.25) is 9.52 Å². The van der Waals surface area contributed by atoms with Crippen LogP contribution in [-0.4, -0.2) is 14.3 Å². The van der Waals surface area contributed by atoms with Crippen LogP contribution in [0.4, 0.5) is 5.69 Å². The molecule has 0 saturated carbocycles. The van der Waals surface area contributed by atoms with Gasteiger partial charge in [0.25, 0.3) is 15.9 Å². The number of hydrogen-bond donors (Lipinski definition) is 2. The van der Waals surface area contributed by atoms with E-state index < -0.39 is 15.9 Å². The van der Waals surface area contributed by atoms with Gasteiger partial charge in [0, 0.05) is 11.6 Å². The second-order valence-electron chi connectivity index (χ2n) is 5.89. The summed E-state index contributed by atoms with van der Waals surface area (Å²) >= 11 is 11.9.